The monoisotopic (exact) mass is 197 g/mol. The number of carbonyl (C=O) groups is 1. The fraction of sp³-hybridized carbons (Fsp3) is 0. The van der Waals surface area contributed by atoms with Gasteiger partial charge >= 0.3 is 0 Å². The number of anilines is 1. The first-order valence-corrected chi connectivity index (χ1v) is 3.92. The average Bonchev–Trinajstić information content (AvgIpc) is 2.08. The third-order valence-corrected chi connectivity index (χ3v) is 1.54. The van der Waals surface area contributed by atoms with Gasteiger partial charge in [0.25, 0.3) is 5.91 Å². The molecule has 0 aromatic heterocycles. The number of benzene rings is 1. The molecule has 4 heteroatoms. The summed E-state index contributed by atoms with van der Waals surface area (Å²) in [5.74, 6) is -0.310. The van der Waals surface area contributed by atoms with E-state index in [-0.39, 0.29) is 10.8 Å². The molecular formula is C9H8ClNO2. The van der Waals surface area contributed by atoms with Crippen molar-refractivity contribution < 1.29 is 9.90 Å². The molecule has 0 atom stereocenters. The van der Waals surface area contributed by atoms with E-state index in [1.165, 1.54) is 12.1 Å². The van der Waals surface area contributed by atoms with Gasteiger partial charge < -0.3 is 10.4 Å². The molecule has 0 aliphatic heterocycles. The molecule has 0 aliphatic carbocycles. The van der Waals surface area contributed by atoms with Crippen molar-refractivity contribution in [1.82, 2.24) is 0 Å². The van der Waals surface area contributed by atoms with E-state index in [4.69, 9.17) is 16.7 Å². The number of carbonyl (C=O) groups excluding carboxylic acids is 1. The van der Waals surface area contributed by atoms with Crippen molar-refractivity contribution in [2.75, 3.05) is 5.32 Å². The lowest BCUT2D eigenvalue weighted by Crippen LogP contribution is -2.10. The number of rotatable bonds is 2. The summed E-state index contributed by atoms with van der Waals surface area (Å²) >= 11 is 5.35. The van der Waals surface area contributed by atoms with Crippen LogP contribution in [0.1, 0.15) is 0 Å². The van der Waals surface area contributed by atoms with Crippen molar-refractivity contribution in [2.24, 2.45) is 0 Å². The molecule has 0 saturated carbocycles. The third-order valence-electron chi connectivity index (χ3n) is 1.37. The van der Waals surface area contributed by atoms with Gasteiger partial charge in [-0.3, -0.25) is 4.79 Å². The fourth-order valence-electron chi connectivity index (χ4n) is 0.744. The number of aromatic hydroxyl groups is 1. The molecule has 13 heavy (non-hydrogen) atoms. The molecule has 1 rings (SSSR count). The van der Waals surface area contributed by atoms with Crippen LogP contribution in [0.5, 0.6) is 5.75 Å². The molecule has 0 unspecified atom stereocenters. The van der Waals surface area contributed by atoms with Crippen LogP contribution in [0.15, 0.2) is 35.9 Å². The van der Waals surface area contributed by atoms with E-state index in [0.717, 1.165) is 0 Å². The van der Waals surface area contributed by atoms with Crippen LogP contribution in [0.3, 0.4) is 0 Å². The number of halogens is 1. The molecule has 0 heterocycles. The molecule has 3 nitrogen and oxygen atoms in total. The van der Waals surface area contributed by atoms with Gasteiger partial charge in [-0.15, -0.1) is 0 Å². The Labute approximate surface area is 80.6 Å². The Morgan fingerprint density at radius 1 is 1.38 bits per heavy atom. The van der Waals surface area contributed by atoms with Crippen LogP contribution >= 0.6 is 11.6 Å². The Hall–Kier alpha value is -1.48. The highest BCUT2D eigenvalue weighted by atomic mass is 35.5. The van der Waals surface area contributed by atoms with Crippen LogP contribution in [0.25, 0.3) is 0 Å². The number of phenolic OH excluding ortho intramolecular Hbond substituents is 1. The molecule has 2 N–H and O–H groups in total. The number of hydrogen-bond donors (Lipinski definition) is 2. The minimum absolute atomic E-state index is 0.0759. The van der Waals surface area contributed by atoms with Crippen molar-refractivity contribution in [3.05, 3.63) is 35.9 Å². The zero-order valence-electron chi connectivity index (χ0n) is 6.75. The lowest BCUT2D eigenvalue weighted by atomic mass is 10.3. The summed E-state index contributed by atoms with van der Waals surface area (Å²) in [5, 5.41) is 11.4. The summed E-state index contributed by atoms with van der Waals surface area (Å²) in [7, 11) is 0. The number of nitrogens with one attached hydrogen (secondary N) is 1. The van der Waals surface area contributed by atoms with E-state index in [9.17, 15) is 4.79 Å². The second-order valence-electron chi connectivity index (χ2n) is 2.41. The van der Waals surface area contributed by atoms with Crippen molar-refractivity contribution in [2.45, 2.75) is 0 Å². The summed E-state index contributed by atoms with van der Waals surface area (Å²) in [5.41, 5.74) is 0.560. The maximum atomic E-state index is 11.0. The minimum Gasteiger partial charge on any atom is -0.508 e. The van der Waals surface area contributed by atoms with Crippen LogP contribution in [0, 0.1) is 0 Å². The zero-order chi connectivity index (χ0) is 9.84. The molecule has 0 bridgehead atoms. The average molecular weight is 198 g/mol. The maximum Gasteiger partial charge on any atom is 0.266 e. The van der Waals surface area contributed by atoms with Gasteiger partial charge in [-0.2, -0.15) is 0 Å². The first kappa shape index (κ1) is 9.61. The summed E-state index contributed by atoms with van der Waals surface area (Å²) in [4.78, 5) is 11.0. The highest BCUT2D eigenvalue weighted by Gasteiger charge is 2.03. The van der Waals surface area contributed by atoms with Crippen LogP contribution in [0.4, 0.5) is 5.69 Å². The molecule has 0 aliphatic rings. The predicted molar refractivity (Wildman–Crippen MR) is 51.7 cm³/mol. The van der Waals surface area contributed by atoms with Gasteiger partial charge in [-0.25, -0.2) is 0 Å². The molecule has 1 amide bonds. The Kier molecular flexibility index (Phi) is 2.93. The molecule has 1 aromatic rings. The maximum absolute atomic E-state index is 11.0. The third kappa shape index (κ3) is 2.80. The summed E-state index contributed by atoms with van der Waals surface area (Å²) in [6.45, 7) is 3.27. The normalized spacial score (nSPS) is 9.31. The molecule has 0 fully saturated rings. The van der Waals surface area contributed by atoms with E-state index in [0.29, 0.717) is 5.69 Å². The van der Waals surface area contributed by atoms with E-state index in [2.05, 4.69) is 11.9 Å². The van der Waals surface area contributed by atoms with Crippen molar-refractivity contribution >= 4 is 23.2 Å². The fourth-order valence-corrected chi connectivity index (χ4v) is 0.791. The Morgan fingerprint density at radius 2 is 1.92 bits per heavy atom. The van der Waals surface area contributed by atoms with E-state index in [1.54, 1.807) is 12.1 Å². The largest absolute Gasteiger partial charge is 0.508 e. The van der Waals surface area contributed by atoms with E-state index in [1.807, 2.05) is 0 Å². The van der Waals surface area contributed by atoms with Crippen LogP contribution in [0.2, 0.25) is 0 Å². The van der Waals surface area contributed by atoms with Crippen molar-refractivity contribution in [3.8, 4) is 5.75 Å². The Balaban J connectivity index is 2.70. The molecule has 0 radical (unpaired) electrons. The Bertz CT molecular complexity index is 332. The van der Waals surface area contributed by atoms with Gasteiger partial charge in [-0.05, 0) is 24.3 Å². The zero-order valence-corrected chi connectivity index (χ0v) is 7.51. The highest BCUT2D eigenvalue weighted by Crippen LogP contribution is 2.14. The van der Waals surface area contributed by atoms with E-state index >= 15 is 0 Å². The summed E-state index contributed by atoms with van der Waals surface area (Å²) < 4.78 is 0. The van der Waals surface area contributed by atoms with Crippen LogP contribution in [-0.4, -0.2) is 11.0 Å². The van der Waals surface area contributed by atoms with Gasteiger partial charge in [0.1, 0.15) is 5.75 Å². The lowest BCUT2D eigenvalue weighted by molar-refractivity contribution is -0.112. The minimum atomic E-state index is -0.452. The smallest absolute Gasteiger partial charge is 0.266 e. The molecule has 0 spiro atoms. The van der Waals surface area contributed by atoms with Gasteiger partial charge in [0, 0.05) is 5.69 Å². The predicted octanol–water partition coefficient (Wildman–Crippen LogP) is 2.08. The lowest BCUT2D eigenvalue weighted by Gasteiger charge is -2.02. The second-order valence-corrected chi connectivity index (χ2v) is 2.86. The molecule has 68 valence electrons. The Morgan fingerprint density at radius 3 is 2.38 bits per heavy atom. The molecule has 1 aromatic carbocycles. The summed E-state index contributed by atoms with van der Waals surface area (Å²) in [6.07, 6.45) is 0. The van der Waals surface area contributed by atoms with Crippen molar-refractivity contribution in [1.29, 1.82) is 0 Å². The van der Waals surface area contributed by atoms with Gasteiger partial charge in [-0.1, -0.05) is 18.2 Å². The van der Waals surface area contributed by atoms with E-state index < -0.39 is 5.91 Å². The molecule has 0 saturated heterocycles. The van der Waals surface area contributed by atoms with Gasteiger partial charge in [0.15, 0.2) is 0 Å². The first-order valence-electron chi connectivity index (χ1n) is 3.54. The van der Waals surface area contributed by atoms with Crippen molar-refractivity contribution in [3.63, 3.8) is 0 Å². The van der Waals surface area contributed by atoms with Crippen LogP contribution in [-0.2, 0) is 4.79 Å². The SMILES string of the molecule is C=C(Cl)C(=O)Nc1ccc(O)cc1. The number of amides is 1. The number of phenols is 1. The quantitative estimate of drug-likeness (QED) is 0.564. The number of hydrogen-bond acceptors (Lipinski definition) is 2. The van der Waals surface area contributed by atoms with Crippen LogP contribution < -0.4 is 5.32 Å². The first-order chi connectivity index (χ1) is 6.09. The molecular weight excluding hydrogens is 190 g/mol. The topological polar surface area (TPSA) is 49.3 Å². The highest BCUT2D eigenvalue weighted by molar-refractivity contribution is 6.43. The summed E-state index contributed by atoms with van der Waals surface area (Å²) in [6, 6.07) is 6.05. The second kappa shape index (κ2) is 3.96. The standard InChI is InChI=1S/C9H8ClNO2/c1-6(10)9(13)11-7-2-4-8(12)5-3-7/h2-5,12H,1H2,(H,11,13). The van der Waals surface area contributed by atoms with Gasteiger partial charge in [0.05, 0.1) is 5.03 Å². The van der Waals surface area contributed by atoms with Gasteiger partial charge in [0.2, 0.25) is 0 Å².